The molecule has 1 heterocycles. The lowest BCUT2D eigenvalue weighted by molar-refractivity contribution is -0.137. The molecule has 0 bridgehead atoms. The van der Waals surface area contributed by atoms with Crippen molar-refractivity contribution in [1.29, 1.82) is 0 Å². The highest BCUT2D eigenvalue weighted by Gasteiger charge is 2.30. The number of aryl methyl sites for hydroxylation is 1. The van der Waals surface area contributed by atoms with Crippen molar-refractivity contribution in [3.8, 4) is 0 Å². The summed E-state index contributed by atoms with van der Waals surface area (Å²) in [4.78, 5) is 24.5. The van der Waals surface area contributed by atoms with E-state index in [1.807, 2.05) is 0 Å². The average molecular weight is 435 g/mol. The number of nitrogens with one attached hydrogen (secondary N) is 2. The molecule has 0 saturated heterocycles. The van der Waals surface area contributed by atoms with E-state index >= 15 is 0 Å². The summed E-state index contributed by atoms with van der Waals surface area (Å²) in [6.45, 7) is 0. The summed E-state index contributed by atoms with van der Waals surface area (Å²) >= 11 is 1.20. The summed E-state index contributed by atoms with van der Waals surface area (Å²) in [5, 5.41) is 13.3. The first-order chi connectivity index (χ1) is 14.2. The van der Waals surface area contributed by atoms with Crippen LogP contribution < -0.4 is 10.6 Å². The first-order valence-corrected chi connectivity index (χ1v) is 9.56. The number of anilines is 2. The van der Waals surface area contributed by atoms with E-state index in [2.05, 4.69) is 20.8 Å². The molecule has 0 spiro atoms. The van der Waals surface area contributed by atoms with Gasteiger partial charge in [0.1, 0.15) is 6.33 Å². The predicted octanol–water partition coefficient (Wildman–Crippen LogP) is 3.82. The molecular weight excluding hydrogens is 419 g/mol. The molecule has 3 aromatic rings. The fraction of sp³-hybridized carbons (Fsp3) is 0.158. The smallest absolute Gasteiger partial charge is 0.325 e. The Hall–Kier alpha value is -3.34. The van der Waals surface area contributed by atoms with Crippen LogP contribution in [-0.2, 0) is 18.0 Å². The summed E-state index contributed by atoms with van der Waals surface area (Å²) in [5.41, 5.74) is -0.271. The molecule has 156 valence electrons. The van der Waals surface area contributed by atoms with Gasteiger partial charge in [-0.25, -0.2) is 0 Å². The van der Waals surface area contributed by atoms with Gasteiger partial charge in [-0.3, -0.25) is 9.59 Å². The van der Waals surface area contributed by atoms with Crippen LogP contribution in [0.3, 0.4) is 0 Å². The largest absolute Gasteiger partial charge is 0.416 e. The molecule has 2 amide bonds. The van der Waals surface area contributed by atoms with Crippen LogP contribution in [0.5, 0.6) is 0 Å². The summed E-state index contributed by atoms with van der Waals surface area (Å²) < 4.78 is 40.1. The number of carbonyl (C=O) groups is 2. The van der Waals surface area contributed by atoms with Crippen molar-refractivity contribution in [2.75, 3.05) is 16.4 Å². The molecule has 11 heteroatoms. The number of benzene rings is 2. The molecule has 0 saturated carbocycles. The number of halogens is 3. The first kappa shape index (κ1) is 21.4. The minimum atomic E-state index is -4.51. The number of amides is 2. The number of carbonyl (C=O) groups excluding carboxylic acids is 2. The Morgan fingerprint density at radius 2 is 1.77 bits per heavy atom. The zero-order chi connectivity index (χ0) is 21.7. The molecule has 2 N–H and O–H groups in total. The van der Waals surface area contributed by atoms with E-state index in [0.29, 0.717) is 10.8 Å². The lowest BCUT2D eigenvalue weighted by Gasteiger charge is -2.11. The second kappa shape index (κ2) is 8.99. The quantitative estimate of drug-likeness (QED) is 0.575. The Kier molecular flexibility index (Phi) is 6.40. The Labute approximate surface area is 173 Å². The van der Waals surface area contributed by atoms with Gasteiger partial charge in [-0.05, 0) is 36.4 Å². The zero-order valence-electron chi connectivity index (χ0n) is 15.6. The van der Waals surface area contributed by atoms with Crippen LogP contribution in [0.15, 0.2) is 60.0 Å². The summed E-state index contributed by atoms with van der Waals surface area (Å²) in [7, 11) is 1.76. The van der Waals surface area contributed by atoms with E-state index in [0.717, 1.165) is 12.1 Å². The molecule has 2 aromatic carbocycles. The van der Waals surface area contributed by atoms with Crippen molar-refractivity contribution in [2.24, 2.45) is 7.05 Å². The Morgan fingerprint density at radius 1 is 1.07 bits per heavy atom. The van der Waals surface area contributed by atoms with Crippen LogP contribution in [0, 0.1) is 0 Å². The maximum absolute atomic E-state index is 12.8. The third kappa shape index (κ3) is 5.60. The highest BCUT2D eigenvalue weighted by atomic mass is 32.2. The van der Waals surface area contributed by atoms with Crippen LogP contribution in [0.25, 0.3) is 0 Å². The standard InChI is InChI=1S/C19H16F3N5O2S/c1-27-11-23-26-18(27)30-10-16(28)24-14-6-2-4-12(8-14)17(29)25-15-7-3-5-13(9-15)19(20,21)22/h2-9,11H,10H2,1H3,(H,24,28)(H,25,29). The van der Waals surface area contributed by atoms with Crippen molar-refractivity contribution in [1.82, 2.24) is 14.8 Å². The highest BCUT2D eigenvalue weighted by Crippen LogP contribution is 2.30. The van der Waals surface area contributed by atoms with Crippen LogP contribution in [0.2, 0.25) is 0 Å². The Morgan fingerprint density at radius 3 is 2.43 bits per heavy atom. The molecule has 0 aliphatic carbocycles. The number of alkyl halides is 3. The monoisotopic (exact) mass is 435 g/mol. The lowest BCUT2D eigenvalue weighted by Crippen LogP contribution is -2.16. The van der Waals surface area contributed by atoms with Crippen molar-refractivity contribution < 1.29 is 22.8 Å². The fourth-order valence-electron chi connectivity index (χ4n) is 2.45. The van der Waals surface area contributed by atoms with Gasteiger partial charge >= 0.3 is 6.18 Å². The molecule has 30 heavy (non-hydrogen) atoms. The number of nitrogens with zero attached hydrogens (tertiary/aromatic N) is 3. The number of hydrogen-bond acceptors (Lipinski definition) is 5. The van der Waals surface area contributed by atoms with E-state index < -0.39 is 17.6 Å². The summed E-state index contributed by atoms with van der Waals surface area (Å²) in [5.74, 6) is -0.815. The minimum Gasteiger partial charge on any atom is -0.325 e. The van der Waals surface area contributed by atoms with Crippen molar-refractivity contribution >= 4 is 35.0 Å². The van der Waals surface area contributed by atoms with E-state index in [1.165, 1.54) is 42.4 Å². The van der Waals surface area contributed by atoms with E-state index in [-0.39, 0.29) is 22.9 Å². The SMILES string of the molecule is Cn1cnnc1SCC(=O)Nc1cccc(C(=O)Nc2cccc(C(F)(F)F)c2)c1. The van der Waals surface area contributed by atoms with Gasteiger partial charge in [0.15, 0.2) is 5.16 Å². The van der Waals surface area contributed by atoms with Crippen LogP contribution in [-0.4, -0.2) is 32.3 Å². The number of hydrogen-bond donors (Lipinski definition) is 2. The van der Waals surface area contributed by atoms with Crippen molar-refractivity contribution in [3.05, 3.63) is 66.0 Å². The van der Waals surface area contributed by atoms with Crippen molar-refractivity contribution in [3.63, 3.8) is 0 Å². The molecule has 0 radical (unpaired) electrons. The lowest BCUT2D eigenvalue weighted by atomic mass is 10.1. The second-order valence-corrected chi connectivity index (χ2v) is 7.12. The predicted molar refractivity (Wildman–Crippen MR) is 106 cm³/mol. The van der Waals surface area contributed by atoms with Gasteiger partial charge in [0, 0.05) is 24.0 Å². The second-order valence-electron chi connectivity index (χ2n) is 6.17. The number of rotatable bonds is 6. The molecule has 0 fully saturated rings. The Balaban J connectivity index is 1.62. The molecule has 1 aromatic heterocycles. The van der Waals surface area contributed by atoms with E-state index in [9.17, 15) is 22.8 Å². The topological polar surface area (TPSA) is 88.9 Å². The number of aromatic nitrogens is 3. The van der Waals surface area contributed by atoms with E-state index in [1.54, 1.807) is 23.7 Å². The molecule has 0 atom stereocenters. The zero-order valence-corrected chi connectivity index (χ0v) is 16.4. The first-order valence-electron chi connectivity index (χ1n) is 8.58. The minimum absolute atomic E-state index is 0.0179. The molecular formula is C19H16F3N5O2S. The maximum atomic E-state index is 12.8. The van der Waals surface area contributed by atoms with Gasteiger partial charge in [-0.15, -0.1) is 10.2 Å². The van der Waals surface area contributed by atoms with Gasteiger partial charge < -0.3 is 15.2 Å². The molecule has 0 aliphatic heterocycles. The van der Waals surface area contributed by atoms with Gasteiger partial charge in [0.05, 0.1) is 11.3 Å². The maximum Gasteiger partial charge on any atom is 0.416 e. The normalized spacial score (nSPS) is 11.2. The van der Waals surface area contributed by atoms with Crippen LogP contribution in [0.1, 0.15) is 15.9 Å². The fourth-order valence-corrected chi connectivity index (χ4v) is 3.13. The van der Waals surface area contributed by atoms with Gasteiger partial charge in [-0.1, -0.05) is 23.9 Å². The van der Waals surface area contributed by atoms with Crippen LogP contribution in [0.4, 0.5) is 24.5 Å². The molecule has 7 nitrogen and oxygen atoms in total. The number of thioether (sulfide) groups is 1. The Bertz CT molecular complexity index is 1070. The average Bonchev–Trinajstić information content (AvgIpc) is 3.11. The molecule has 3 rings (SSSR count). The summed E-state index contributed by atoms with van der Waals surface area (Å²) in [6.07, 6.45) is -2.99. The van der Waals surface area contributed by atoms with Crippen molar-refractivity contribution in [2.45, 2.75) is 11.3 Å². The van der Waals surface area contributed by atoms with E-state index in [4.69, 9.17) is 0 Å². The van der Waals surface area contributed by atoms with Crippen LogP contribution >= 0.6 is 11.8 Å². The highest BCUT2D eigenvalue weighted by molar-refractivity contribution is 7.99. The van der Waals surface area contributed by atoms with Gasteiger partial charge in [-0.2, -0.15) is 13.2 Å². The molecule has 0 aliphatic rings. The van der Waals surface area contributed by atoms with Gasteiger partial charge in [0.25, 0.3) is 5.91 Å². The third-order valence-electron chi connectivity index (χ3n) is 3.86. The summed E-state index contributed by atoms with van der Waals surface area (Å²) in [6, 6.07) is 10.4. The third-order valence-corrected chi connectivity index (χ3v) is 4.89. The van der Waals surface area contributed by atoms with Gasteiger partial charge in [0.2, 0.25) is 5.91 Å². The molecule has 0 unspecified atom stereocenters.